The van der Waals surface area contributed by atoms with Crippen molar-refractivity contribution >= 4 is 40.8 Å². The maximum absolute atomic E-state index is 13.8. The van der Waals surface area contributed by atoms with E-state index in [0.717, 1.165) is 59.3 Å². The van der Waals surface area contributed by atoms with E-state index in [-0.39, 0.29) is 22.9 Å². The number of benzene rings is 4. The number of aromatic hydroxyl groups is 1. The first-order valence-corrected chi connectivity index (χ1v) is 16.3. The molecular formula is C37H33N3O4S. The molecule has 45 heavy (non-hydrogen) atoms. The fourth-order valence-corrected chi connectivity index (χ4v) is 7.45. The van der Waals surface area contributed by atoms with Crippen LogP contribution in [0.2, 0.25) is 0 Å². The van der Waals surface area contributed by atoms with E-state index in [1.54, 1.807) is 33.7 Å². The highest BCUT2D eigenvalue weighted by molar-refractivity contribution is 8.00. The number of carbonyl (C=O) groups excluding carboxylic acids is 2. The minimum Gasteiger partial charge on any atom is -0.504 e. The second kappa shape index (κ2) is 12.3. The van der Waals surface area contributed by atoms with Crippen LogP contribution < -0.4 is 14.5 Å². The molecule has 2 amide bonds. The lowest BCUT2D eigenvalue weighted by molar-refractivity contribution is -0.116. The molecule has 226 valence electrons. The summed E-state index contributed by atoms with van der Waals surface area (Å²) < 4.78 is 5.29. The topological polar surface area (TPSA) is 82.4 Å². The Bertz CT molecular complexity index is 1810. The van der Waals surface area contributed by atoms with Crippen LogP contribution in [0.4, 0.5) is 11.4 Å². The molecule has 4 aromatic carbocycles. The molecule has 1 saturated carbocycles. The number of carbonyl (C=O) groups is 2. The Morgan fingerprint density at radius 1 is 0.800 bits per heavy atom. The van der Waals surface area contributed by atoms with Gasteiger partial charge in [-0.1, -0.05) is 67.1 Å². The molecule has 1 saturated heterocycles. The van der Waals surface area contributed by atoms with Gasteiger partial charge >= 0.3 is 0 Å². The molecule has 8 heteroatoms. The summed E-state index contributed by atoms with van der Waals surface area (Å²) >= 11 is 1.55. The van der Waals surface area contributed by atoms with Crippen molar-refractivity contribution in [2.75, 3.05) is 22.7 Å². The molecule has 2 aliphatic heterocycles. The first kappa shape index (κ1) is 28.9. The summed E-state index contributed by atoms with van der Waals surface area (Å²) in [6.45, 7) is 0. The quantitative estimate of drug-likeness (QED) is 0.223. The molecule has 0 spiro atoms. The summed E-state index contributed by atoms with van der Waals surface area (Å²) in [5.41, 5.74) is 7.16. The van der Waals surface area contributed by atoms with Gasteiger partial charge in [-0.3, -0.25) is 19.4 Å². The van der Waals surface area contributed by atoms with Gasteiger partial charge in [0.1, 0.15) is 16.9 Å². The normalized spacial score (nSPS) is 18.5. The Hall–Kier alpha value is -4.82. The van der Waals surface area contributed by atoms with E-state index in [9.17, 15) is 14.7 Å². The first-order valence-electron chi connectivity index (χ1n) is 15.2. The summed E-state index contributed by atoms with van der Waals surface area (Å²) in [5.74, 6) is 1.46. The highest BCUT2D eigenvalue weighted by Crippen LogP contribution is 2.44. The van der Waals surface area contributed by atoms with Crippen LogP contribution in [0, 0.1) is 0 Å². The van der Waals surface area contributed by atoms with Gasteiger partial charge in [0.05, 0.1) is 18.6 Å². The van der Waals surface area contributed by atoms with Crippen LogP contribution in [0.5, 0.6) is 11.5 Å². The third-order valence-electron chi connectivity index (χ3n) is 8.62. The van der Waals surface area contributed by atoms with Crippen molar-refractivity contribution in [2.24, 2.45) is 4.99 Å². The van der Waals surface area contributed by atoms with E-state index in [2.05, 4.69) is 0 Å². The number of amides is 2. The molecule has 0 bridgehead atoms. The number of thioether (sulfide) groups is 1. The van der Waals surface area contributed by atoms with Crippen LogP contribution in [0.15, 0.2) is 113 Å². The van der Waals surface area contributed by atoms with Gasteiger partial charge in [-0.15, -0.1) is 11.8 Å². The van der Waals surface area contributed by atoms with Crippen LogP contribution in [0.1, 0.15) is 48.6 Å². The van der Waals surface area contributed by atoms with Gasteiger partial charge in [0.2, 0.25) is 5.91 Å². The van der Waals surface area contributed by atoms with E-state index >= 15 is 0 Å². The summed E-state index contributed by atoms with van der Waals surface area (Å²) in [4.78, 5) is 35.2. The van der Waals surface area contributed by atoms with Gasteiger partial charge < -0.3 is 9.84 Å². The van der Waals surface area contributed by atoms with Gasteiger partial charge in [0, 0.05) is 11.3 Å². The lowest BCUT2D eigenvalue weighted by Crippen LogP contribution is -2.32. The molecule has 2 fully saturated rings. The number of allylic oxidation sites excluding steroid dienone is 1. The van der Waals surface area contributed by atoms with Crippen LogP contribution in [-0.2, 0) is 9.59 Å². The first-order chi connectivity index (χ1) is 22.0. The number of methoxy groups -OCH3 is 1. The average molecular weight is 616 g/mol. The fraction of sp³-hybridized carbons (Fsp3) is 0.216. The Labute approximate surface area is 266 Å². The van der Waals surface area contributed by atoms with Crippen LogP contribution in [-0.4, -0.2) is 35.6 Å². The molecule has 1 unspecified atom stereocenters. The number of hydrogen-bond donors (Lipinski definition) is 1. The minimum atomic E-state index is -0.218. The van der Waals surface area contributed by atoms with Crippen molar-refractivity contribution in [3.8, 4) is 22.6 Å². The van der Waals surface area contributed by atoms with E-state index in [1.165, 1.54) is 19.1 Å². The number of rotatable bonds is 6. The number of nitrogens with zero attached hydrogens (tertiary/aromatic N) is 3. The van der Waals surface area contributed by atoms with Crippen molar-refractivity contribution in [2.45, 2.75) is 37.5 Å². The average Bonchev–Trinajstić information content (AvgIpc) is 3.65. The molecule has 1 aliphatic carbocycles. The monoisotopic (exact) mass is 615 g/mol. The zero-order valence-electron chi connectivity index (χ0n) is 25.0. The third kappa shape index (κ3) is 5.51. The lowest BCUT2D eigenvalue weighted by Gasteiger charge is -2.25. The molecule has 7 nitrogen and oxygen atoms in total. The van der Waals surface area contributed by atoms with Crippen molar-refractivity contribution in [1.82, 2.24) is 0 Å². The van der Waals surface area contributed by atoms with Crippen molar-refractivity contribution in [3.63, 3.8) is 0 Å². The zero-order chi connectivity index (χ0) is 30.9. The van der Waals surface area contributed by atoms with E-state index in [4.69, 9.17) is 9.73 Å². The van der Waals surface area contributed by atoms with E-state index < -0.39 is 0 Å². The van der Waals surface area contributed by atoms with Crippen molar-refractivity contribution < 1.29 is 19.4 Å². The zero-order valence-corrected chi connectivity index (χ0v) is 25.8. The highest BCUT2D eigenvalue weighted by atomic mass is 32.2. The summed E-state index contributed by atoms with van der Waals surface area (Å²) in [6, 6.07) is 31.0. The van der Waals surface area contributed by atoms with Crippen LogP contribution >= 0.6 is 11.8 Å². The number of ether oxygens (including phenoxy) is 1. The van der Waals surface area contributed by atoms with Gasteiger partial charge in [-0.2, -0.15) is 0 Å². The maximum atomic E-state index is 13.8. The smallest absolute Gasteiger partial charge is 0.282 e. The lowest BCUT2D eigenvalue weighted by atomic mass is 9.93. The van der Waals surface area contributed by atoms with Crippen molar-refractivity contribution in [3.05, 3.63) is 119 Å². The van der Waals surface area contributed by atoms with Crippen LogP contribution in [0.3, 0.4) is 0 Å². The molecule has 4 aromatic rings. The molecule has 0 aromatic heterocycles. The number of aliphatic imine (C=N–C) groups is 1. The Morgan fingerprint density at radius 2 is 1.47 bits per heavy atom. The number of anilines is 2. The predicted molar refractivity (Wildman–Crippen MR) is 180 cm³/mol. The molecule has 3 aliphatic rings. The second-order valence-corrected chi connectivity index (χ2v) is 12.5. The van der Waals surface area contributed by atoms with Gasteiger partial charge in [0.25, 0.3) is 5.91 Å². The molecule has 2 heterocycles. The van der Waals surface area contributed by atoms with Gasteiger partial charge in [0.15, 0.2) is 11.5 Å². The Morgan fingerprint density at radius 3 is 2.13 bits per heavy atom. The molecular weight excluding hydrogens is 582 g/mol. The number of phenols is 1. The highest BCUT2D eigenvalue weighted by Gasteiger charge is 2.36. The number of phenolic OH excluding ortho intramolecular Hbond substituents is 1. The minimum absolute atomic E-state index is 0.0304. The van der Waals surface area contributed by atoms with Crippen LogP contribution in [0.25, 0.3) is 11.1 Å². The van der Waals surface area contributed by atoms with E-state index in [0.29, 0.717) is 23.0 Å². The fourth-order valence-electron chi connectivity index (χ4n) is 6.29. The van der Waals surface area contributed by atoms with Gasteiger partial charge in [-0.25, -0.2) is 4.99 Å². The number of amidine groups is 1. The third-order valence-corrected chi connectivity index (χ3v) is 9.83. The predicted octanol–water partition coefficient (Wildman–Crippen LogP) is 7.86. The summed E-state index contributed by atoms with van der Waals surface area (Å²) in [5, 5.41) is 9.82. The largest absolute Gasteiger partial charge is 0.504 e. The van der Waals surface area contributed by atoms with E-state index in [1.807, 2.05) is 84.9 Å². The maximum Gasteiger partial charge on any atom is 0.282 e. The summed E-state index contributed by atoms with van der Waals surface area (Å²) in [6.07, 6.45) is 5.27. The summed E-state index contributed by atoms with van der Waals surface area (Å²) in [7, 11) is 1.51. The molecule has 1 N–H and O–H groups in total. The standard InChI is InChI=1S/C37H33N3O4S/c1-44-32-22-28(16-21-31(32)41)37-39(33(42)23-45-37)29-17-12-24(13-18-29)25-14-19-30(20-15-25)40-35(27-10-6-3-7-11-27)38-34(36(40)43)26-8-4-2-5-9-26/h3,6-7,10-22,37,41H,2,4-5,8-9,23H2,1H3. The van der Waals surface area contributed by atoms with Gasteiger partial charge in [-0.05, 0) is 84.3 Å². The Balaban J connectivity index is 1.15. The molecule has 7 rings (SSSR count). The molecule has 1 atom stereocenters. The van der Waals surface area contributed by atoms with Crippen molar-refractivity contribution in [1.29, 1.82) is 0 Å². The number of hydrogen-bond acceptors (Lipinski definition) is 6. The SMILES string of the molecule is COc1cc(C2SCC(=O)N2c2ccc(-c3ccc(N4C(=O)C(=C5CCCCC5)N=C4c4ccccc4)cc3)cc2)ccc1O. The second-order valence-electron chi connectivity index (χ2n) is 11.4. The Kier molecular flexibility index (Phi) is 7.90. The molecule has 0 radical (unpaired) electrons.